The monoisotopic (exact) mass is 324 g/mol. The fourth-order valence-electron chi connectivity index (χ4n) is 3.18. The van der Waals surface area contributed by atoms with Gasteiger partial charge in [-0.05, 0) is 31.3 Å². The van der Waals surface area contributed by atoms with E-state index in [9.17, 15) is 14.7 Å². The van der Waals surface area contributed by atoms with Crippen molar-refractivity contribution in [3.63, 3.8) is 0 Å². The van der Waals surface area contributed by atoms with Crippen molar-refractivity contribution in [1.29, 1.82) is 0 Å². The van der Waals surface area contributed by atoms with Crippen molar-refractivity contribution in [2.45, 2.75) is 44.4 Å². The average Bonchev–Trinajstić information content (AvgIpc) is 2.52. The smallest absolute Gasteiger partial charge is 0.352 e. The van der Waals surface area contributed by atoms with Crippen molar-refractivity contribution in [2.75, 3.05) is 12.4 Å². The van der Waals surface area contributed by atoms with Crippen LogP contribution in [0.15, 0.2) is 16.4 Å². The Hall–Kier alpha value is -1.50. The Morgan fingerprint density at radius 2 is 2.14 bits per heavy atom. The van der Waals surface area contributed by atoms with Crippen molar-refractivity contribution in [3.8, 4) is 0 Å². The van der Waals surface area contributed by atoms with E-state index >= 15 is 0 Å². The van der Waals surface area contributed by atoms with Crippen LogP contribution < -0.4 is 0 Å². The number of oxime groups is 1. The summed E-state index contributed by atoms with van der Waals surface area (Å²) in [7, 11) is 0. The maximum absolute atomic E-state index is 12.1. The first kappa shape index (κ1) is 15.4. The Kier molecular flexibility index (Phi) is 4.42. The number of carboxylic acid groups (broad SMARTS) is 1. The molecule has 2 aliphatic heterocycles. The minimum atomic E-state index is -1.06. The van der Waals surface area contributed by atoms with Crippen LogP contribution in [0.25, 0.3) is 0 Å². The highest BCUT2D eigenvalue weighted by Gasteiger charge is 2.51. The summed E-state index contributed by atoms with van der Waals surface area (Å²) in [5.41, 5.74) is 1.15. The third-order valence-corrected chi connectivity index (χ3v) is 5.76. The quantitative estimate of drug-likeness (QED) is 0.633. The van der Waals surface area contributed by atoms with Crippen LogP contribution in [0.3, 0.4) is 0 Å². The lowest BCUT2D eigenvalue weighted by atomic mass is 9.90. The lowest BCUT2D eigenvalue weighted by Gasteiger charge is -2.43. The molecular weight excluding hydrogens is 304 g/mol. The molecule has 0 radical (unpaired) electrons. The molecule has 0 spiro atoms. The molecule has 1 aliphatic carbocycles. The molecule has 1 saturated carbocycles. The topological polar surface area (TPSA) is 79.2 Å². The number of carbonyl (C=O) groups excluding carboxylic acids is 1. The predicted molar refractivity (Wildman–Crippen MR) is 83.4 cm³/mol. The first-order valence-electron chi connectivity index (χ1n) is 7.67. The molecule has 0 aromatic rings. The Balaban J connectivity index is 1.62. The van der Waals surface area contributed by atoms with E-state index in [0.29, 0.717) is 29.6 Å². The summed E-state index contributed by atoms with van der Waals surface area (Å²) in [5.74, 6) is -0.284. The molecule has 1 N–H and O–H groups in total. The molecule has 1 amide bonds. The number of hydrogen-bond donors (Lipinski definition) is 1. The molecule has 3 rings (SSSR count). The Labute approximate surface area is 133 Å². The number of thioether (sulfide) groups is 1. The van der Waals surface area contributed by atoms with Gasteiger partial charge < -0.3 is 9.94 Å². The van der Waals surface area contributed by atoms with Crippen molar-refractivity contribution in [3.05, 3.63) is 11.3 Å². The molecule has 0 unspecified atom stereocenters. The number of carbonyl (C=O) groups is 2. The zero-order valence-electron chi connectivity index (χ0n) is 12.6. The first-order chi connectivity index (χ1) is 10.6. The molecule has 0 aromatic heterocycles. The number of rotatable bonds is 4. The van der Waals surface area contributed by atoms with E-state index < -0.39 is 5.97 Å². The third kappa shape index (κ3) is 2.74. The molecule has 7 heteroatoms. The molecule has 22 heavy (non-hydrogen) atoms. The largest absolute Gasteiger partial charge is 0.477 e. The number of carboxylic acids is 1. The second-order valence-electron chi connectivity index (χ2n) is 6.05. The van der Waals surface area contributed by atoms with Crippen molar-refractivity contribution < 1.29 is 19.5 Å². The summed E-state index contributed by atoms with van der Waals surface area (Å²) in [4.78, 5) is 30.1. The van der Waals surface area contributed by atoms with Gasteiger partial charge in [0.25, 0.3) is 5.91 Å². The molecule has 1 saturated heterocycles. The van der Waals surface area contributed by atoms with E-state index in [1.807, 2.05) is 0 Å². The number of hydrogen-bond acceptors (Lipinski definition) is 5. The Morgan fingerprint density at radius 1 is 1.41 bits per heavy atom. The van der Waals surface area contributed by atoms with Crippen LogP contribution in [0.2, 0.25) is 0 Å². The summed E-state index contributed by atoms with van der Waals surface area (Å²) in [6, 6.07) is 0. The molecular formula is C15H20N2O4S. The summed E-state index contributed by atoms with van der Waals surface area (Å²) in [6.07, 6.45) is 6.09. The molecule has 2 heterocycles. The maximum atomic E-state index is 12.1. The van der Waals surface area contributed by atoms with Crippen LogP contribution in [0.4, 0.5) is 0 Å². The average molecular weight is 324 g/mol. The molecule has 0 bridgehead atoms. The minimum absolute atomic E-state index is 0.0972. The molecule has 2 fully saturated rings. The van der Waals surface area contributed by atoms with Gasteiger partial charge in [0.2, 0.25) is 0 Å². The SMILES string of the molecule is CC1=C(C(=O)O)N2C(=O)/C(=N/OCC3CCCCC3)[C@H]2SC1. The van der Waals surface area contributed by atoms with Gasteiger partial charge in [0, 0.05) is 5.75 Å². The standard InChI is InChI=1S/C15H20N2O4S/c1-9-8-22-14-11(13(18)17(14)12(9)15(19)20)16-21-7-10-5-3-2-4-6-10/h10,14H,2-8H2,1H3,(H,19,20)/b16-11-/t14-/m1/s1. The minimum Gasteiger partial charge on any atom is -0.477 e. The molecule has 120 valence electrons. The van der Waals surface area contributed by atoms with Gasteiger partial charge in [0.1, 0.15) is 17.7 Å². The third-order valence-electron chi connectivity index (χ3n) is 4.41. The van der Waals surface area contributed by atoms with Gasteiger partial charge in [-0.3, -0.25) is 9.69 Å². The summed E-state index contributed by atoms with van der Waals surface area (Å²) >= 11 is 1.51. The van der Waals surface area contributed by atoms with Gasteiger partial charge in [-0.2, -0.15) is 0 Å². The zero-order chi connectivity index (χ0) is 15.7. The molecule has 1 atom stereocenters. The van der Waals surface area contributed by atoms with Crippen LogP contribution in [0.5, 0.6) is 0 Å². The van der Waals surface area contributed by atoms with Gasteiger partial charge >= 0.3 is 5.97 Å². The first-order valence-corrected chi connectivity index (χ1v) is 8.72. The van der Waals surface area contributed by atoms with Crippen molar-refractivity contribution in [2.24, 2.45) is 11.1 Å². The zero-order valence-corrected chi connectivity index (χ0v) is 13.4. The van der Waals surface area contributed by atoms with Crippen LogP contribution in [-0.4, -0.2) is 45.3 Å². The highest BCUT2D eigenvalue weighted by Crippen LogP contribution is 2.38. The highest BCUT2D eigenvalue weighted by atomic mass is 32.2. The number of aliphatic carboxylic acids is 1. The van der Waals surface area contributed by atoms with Gasteiger partial charge in [-0.1, -0.05) is 24.4 Å². The molecule has 6 nitrogen and oxygen atoms in total. The molecule has 3 aliphatic rings. The second-order valence-corrected chi connectivity index (χ2v) is 7.12. The summed E-state index contributed by atoms with van der Waals surface area (Å²) < 4.78 is 0. The fourth-order valence-corrected chi connectivity index (χ4v) is 4.37. The van der Waals surface area contributed by atoms with E-state index in [0.717, 1.165) is 12.8 Å². The van der Waals surface area contributed by atoms with Crippen LogP contribution in [-0.2, 0) is 14.4 Å². The number of β-lactam (4-membered cyclic amide) rings is 1. The van der Waals surface area contributed by atoms with Crippen LogP contribution >= 0.6 is 11.8 Å². The maximum Gasteiger partial charge on any atom is 0.352 e. The van der Waals surface area contributed by atoms with E-state index in [1.165, 1.54) is 35.9 Å². The summed E-state index contributed by atoms with van der Waals surface area (Å²) in [5, 5.41) is 12.9. The Bertz CT molecular complexity index is 552. The van der Waals surface area contributed by atoms with Gasteiger partial charge in [-0.25, -0.2) is 4.79 Å². The van der Waals surface area contributed by atoms with Gasteiger partial charge in [0.15, 0.2) is 5.71 Å². The van der Waals surface area contributed by atoms with Crippen LogP contribution in [0, 0.1) is 5.92 Å². The van der Waals surface area contributed by atoms with Gasteiger partial charge in [-0.15, -0.1) is 11.8 Å². The van der Waals surface area contributed by atoms with E-state index in [4.69, 9.17) is 4.84 Å². The van der Waals surface area contributed by atoms with E-state index in [-0.39, 0.29) is 17.0 Å². The van der Waals surface area contributed by atoms with E-state index in [2.05, 4.69) is 5.16 Å². The second kappa shape index (κ2) is 6.32. The number of amides is 1. The lowest BCUT2D eigenvalue weighted by molar-refractivity contribution is -0.139. The highest BCUT2D eigenvalue weighted by molar-refractivity contribution is 8.01. The van der Waals surface area contributed by atoms with Gasteiger partial charge in [0.05, 0.1) is 0 Å². The normalized spacial score (nSPS) is 27.7. The number of nitrogens with zero attached hydrogens (tertiary/aromatic N) is 2. The fraction of sp³-hybridized carbons (Fsp3) is 0.667. The summed E-state index contributed by atoms with van der Waals surface area (Å²) in [6.45, 7) is 2.30. The number of fused-ring (bicyclic) bond motifs is 1. The molecule has 0 aromatic carbocycles. The van der Waals surface area contributed by atoms with E-state index in [1.54, 1.807) is 6.92 Å². The Morgan fingerprint density at radius 3 is 2.82 bits per heavy atom. The predicted octanol–water partition coefficient (Wildman–Crippen LogP) is 2.21. The lowest BCUT2D eigenvalue weighted by Crippen LogP contribution is -2.62. The van der Waals surface area contributed by atoms with Crippen LogP contribution in [0.1, 0.15) is 39.0 Å². The van der Waals surface area contributed by atoms with Crippen molar-refractivity contribution >= 4 is 29.4 Å². The van der Waals surface area contributed by atoms with Crippen molar-refractivity contribution in [1.82, 2.24) is 4.90 Å².